The number of phenols is 1. The molecule has 9 nitrogen and oxygen atoms in total. The van der Waals surface area contributed by atoms with E-state index in [2.05, 4.69) is 0 Å². The Morgan fingerprint density at radius 2 is 1.55 bits per heavy atom. The van der Waals surface area contributed by atoms with E-state index >= 15 is 0 Å². The lowest BCUT2D eigenvalue weighted by Gasteiger charge is -2.25. The fourth-order valence-corrected chi connectivity index (χ4v) is 2.68. The number of methoxy groups -OCH3 is 4. The van der Waals surface area contributed by atoms with Gasteiger partial charge < -0.3 is 39.0 Å². The van der Waals surface area contributed by atoms with Gasteiger partial charge in [0.1, 0.15) is 6.10 Å². The van der Waals surface area contributed by atoms with Crippen LogP contribution < -0.4 is 18.9 Å². The van der Waals surface area contributed by atoms with Gasteiger partial charge in [-0.05, 0) is 29.8 Å². The van der Waals surface area contributed by atoms with Crippen molar-refractivity contribution in [2.75, 3.05) is 35.0 Å². The predicted octanol–water partition coefficient (Wildman–Crippen LogP) is 1.68. The number of hydrogen-bond donors (Lipinski definition) is 3. The number of ether oxygens (including phenoxy) is 5. The summed E-state index contributed by atoms with van der Waals surface area (Å²) in [7, 11) is 5.37. The Morgan fingerprint density at radius 3 is 2.03 bits per heavy atom. The summed E-state index contributed by atoms with van der Waals surface area (Å²) in [6.07, 6.45) is -2.39. The van der Waals surface area contributed by atoms with E-state index in [9.17, 15) is 20.1 Å². The molecule has 0 aliphatic carbocycles. The Hall–Kier alpha value is -3.17. The van der Waals surface area contributed by atoms with Crippen molar-refractivity contribution < 1.29 is 43.8 Å². The summed E-state index contributed by atoms with van der Waals surface area (Å²) in [4.78, 5) is 11.8. The second-order valence-electron chi connectivity index (χ2n) is 5.92. The Morgan fingerprint density at radius 1 is 0.966 bits per heavy atom. The van der Waals surface area contributed by atoms with E-state index in [0.717, 1.165) is 0 Å². The van der Waals surface area contributed by atoms with E-state index in [1.54, 1.807) is 0 Å². The van der Waals surface area contributed by atoms with Gasteiger partial charge in [-0.2, -0.15) is 0 Å². The topological polar surface area (TPSA) is 124 Å². The van der Waals surface area contributed by atoms with Gasteiger partial charge in [0.15, 0.2) is 29.1 Å². The van der Waals surface area contributed by atoms with Gasteiger partial charge in [0.05, 0.1) is 40.6 Å². The number of phenolic OH excluding ortho intramolecular Hbond substituents is 1. The van der Waals surface area contributed by atoms with Crippen LogP contribution in [0.1, 0.15) is 22.0 Å². The van der Waals surface area contributed by atoms with Crippen LogP contribution in [0.2, 0.25) is 0 Å². The Labute approximate surface area is 168 Å². The molecule has 0 aromatic heterocycles. The smallest absolute Gasteiger partial charge is 0.338 e. The average Bonchev–Trinajstić information content (AvgIpc) is 2.76. The minimum Gasteiger partial charge on any atom is -0.504 e. The van der Waals surface area contributed by atoms with Crippen LogP contribution in [0.5, 0.6) is 28.7 Å². The lowest BCUT2D eigenvalue weighted by atomic mass is 10.0. The average molecular weight is 408 g/mol. The zero-order valence-corrected chi connectivity index (χ0v) is 16.5. The lowest BCUT2D eigenvalue weighted by molar-refractivity contribution is -0.00178. The van der Waals surface area contributed by atoms with Gasteiger partial charge in [-0.3, -0.25) is 0 Å². The lowest BCUT2D eigenvalue weighted by Crippen LogP contribution is -2.29. The van der Waals surface area contributed by atoms with Gasteiger partial charge in [-0.15, -0.1) is 0 Å². The molecule has 0 saturated heterocycles. The third-order valence-electron chi connectivity index (χ3n) is 4.23. The summed E-state index contributed by atoms with van der Waals surface area (Å²) in [5.41, 5.74) is 0.528. The quantitative estimate of drug-likeness (QED) is 0.532. The SMILES string of the molecule is COC(=O)c1cc(OC)c(O[C@@H](CO)[C@@H](O)c2ccc(O)c(OC)c2)c(OC)c1. The second-order valence-corrected chi connectivity index (χ2v) is 5.92. The van der Waals surface area contributed by atoms with Crippen LogP contribution in [0.25, 0.3) is 0 Å². The van der Waals surface area contributed by atoms with Crippen LogP contribution in [-0.2, 0) is 4.74 Å². The van der Waals surface area contributed by atoms with E-state index in [-0.39, 0.29) is 34.3 Å². The molecule has 0 radical (unpaired) electrons. The number of carbonyl (C=O) groups is 1. The Bertz CT molecular complexity index is 825. The number of aromatic hydroxyl groups is 1. The van der Waals surface area contributed by atoms with E-state index < -0.39 is 24.8 Å². The monoisotopic (exact) mass is 408 g/mol. The highest BCUT2D eigenvalue weighted by atomic mass is 16.6. The van der Waals surface area contributed by atoms with Crippen LogP contribution in [0.15, 0.2) is 30.3 Å². The third-order valence-corrected chi connectivity index (χ3v) is 4.23. The molecule has 2 atom stereocenters. The van der Waals surface area contributed by atoms with Crippen LogP contribution in [-0.4, -0.2) is 62.4 Å². The first-order valence-electron chi connectivity index (χ1n) is 8.56. The molecule has 158 valence electrons. The van der Waals surface area contributed by atoms with Gasteiger partial charge in [-0.25, -0.2) is 4.79 Å². The summed E-state index contributed by atoms with van der Waals surface area (Å²) >= 11 is 0. The number of hydrogen-bond acceptors (Lipinski definition) is 9. The molecular formula is C20H24O9. The largest absolute Gasteiger partial charge is 0.504 e. The van der Waals surface area contributed by atoms with Crippen molar-refractivity contribution in [2.45, 2.75) is 12.2 Å². The van der Waals surface area contributed by atoms with Crippen molar-refractivity contribution in [3.63, 3.8) is 0 Å². The first-order valence-corrected chi connectivity index (χ1v) is 8.56. The van der Waals surface area contributed by atoms with Gasteiger partial charge in [0, 0.05) is 0 Å². The molecule has 0 aliphatic rings. The van der Waals surface area contributed by atoms with Crippen LogP contribution >= 0.6 is 0 Å². The Balaban J connectivity index is 2.40. The number of aliphatic hydroxyl groups is 2. The zero-order chi connectivity index (χ0) is 21.6. The van der Waals surface area contributed by atoms with Crippen molar-refractivity contribution in [3.05, 3.63) is 41.5 Å². The molecule has 0 heterocycles. The summed E-state index contributed by atoms with van der Waals surface area (Å²) in [5, 5.41) is 30.2. The molecule has 9 heteroatoms. The molecule has 2 rings (SSSR count). The standard InChI is InChI=1S/C20H24O9/c1-25-14-7-11(5-6-13(14)22)18(23)17(10-21)29-19-15(26-2)8-12(20(24)28-4)9-16(19)27-3/h5-9,17-18,21-23H,10H2,1-4H3/t17-,18-/m0/s1. The highest BCUT2D eigenvalue weighted by molar-refractivity contribution is 5.91. The van der Waals surface area contributed by atoms with E-state index in [1.807, 2.05) is 0 Å². The fourth-order valence-electron chi connectivity index (χ4n) is 2.68. The molecule has 2 aromatic carbocycles. The number of carbonyl (C=O) groups excluding carboxylic acids is 1. The normalized spacial score (nSPS) is 12.6. The molecule has 0 saturated carbocycles. The molecule has 29 heavy (non-hydrogen) atoms. The zero-order valence-electron chi connectivity index (χ0n) is 16.5. The first kappa shape index (κ1) is 22.1. The van der Waals surface area contributed by atoms with Crippen molar-refractivity contribution >= 4 is 5.97 Å². The molecule has 2 aromatic rings. The fraction of sp³-hybridized carbons (Fsp3) is 0.350. The summed E-state index contributed by atoms with van der Waals surface area (Å²) in [6.45, 7) is -0.546. The van der Waals surface area contributed by atoms with Crippen LogP contribution in [0, 0.1) is 0 Å². The molecular weight excluding hydrogens is 384 g/mol. The molecule has 3 N–H and O–H groups in total. The highest BCUT2D eigenvalue weighted by Crippen LogP contribution is 2.41. The summed E-state index contributed by atoms with van der Waals surface area (Å²) < 4.78 is 26.1. The highest BCUT2D eigenvalue weighted by Gasteiger charge is 2.27. The number of benzene rings is 2. The van der Waals surface area contributed by atoms with Gasteiger partial charge >= 0.3 is 5.97 Å². The maximum atomic E-state index is 11.8. The van der Waals surface area contributed by atoms with Crippen LogP contribution in [0.4, 0.5) is 0 Å². The van der Waals surface area contributed by atoms with Crippen molar-refractivity contribution in [1.82, 2.24) is 0 Å². The van der Waals surface area contributed by atoms with Crippen molar-refractivity contribution in [1.29, 1.82) is 0 Å². The molecule has 0 amide bonds. The summed E-state index contributed by atoms with van der Waals surface area (Å²) in [5.74, 6) is -0.130. The molecule has 0 bridgehead atoms. The van der Waals surface area contributed by atoms with Crippen LogP contribution in [0.3, 0.4) is 0 Å². The number of rotatable bonds is 9. The second kappa shape index (κ2) is 9.85. The predicted molar refractivity (Wildman–Crippen MR) is 102 cm³/mol. The summed E-state index contributed by atoms with van der Waals surface area (Å²) in [6, 6.07) is 7.06. The molecule has 0 spiro atoms. The molecule has 0 fully saturated rings. The van der Waals surface area contributed by atoms with Gasteiger partial charge in [0.25, 0.3) is 0 Å². The number of esters is 1. The Kier molecular flexibility index (Phi) is 7.52. The maximum Gasteiger partial charge on any atom is 0.338 e. The first-order chi connectivity index (χ1) is 13.9. The van der Waals surface area contributed by atoms with E-state index in [1.165, 1.54) is 58.8 Å². The maximum absolute atomic E-state index is 11.8. The van der Waals surface area contributed by atoms with Gasteiger partial charge in [-0.1, -0.05) is 6.07 Å². The number of aliphatic hydroxyl groups excluding tert-OH is 2. The van der Waals surface area contributed by atoms with E-state index in [4.69, 9.17) is 23.7 Å². The minimum atomic E-state index is -1.27. The molecule has 0 unspecified atom stereocenters. The van der Waals surface area contributed by atoms with Crippen molar-refractivity contribution in [2.24, 2.45) is 0 Å². The van der Waals surface area contributed by atoms with E-state index in [0.29, 0.717) is 5.56 Å². The minimum absolute atomic E-state index is 0.0893. The molecule has 0 aliphatic heterocycles. The van der Waals surface area contributed by atoms with Gasteiger partial charge in [0.2, 0.25) is 5.75 Å². The third kappa shape index (κ3) is 4.82. The van der Waals surface area contributed by atoms with Crippen molar-refractivity contribution in [3.8, 4) is 28.7 Å².